The van der Waals surface area contributed by atoms with Gasteiger partial charge in [-0.2, -0.15) is 0 Å². The smallest absolute Gasteiger partial charge is 0.224 e. The summed E-state index contributed by atoms with van der Waals surface area (Å²) in [5.41, 5.74) is 0.775. The van der Waals surface area contributed by atoms with Crippen LogP contribution in [0, 0.1) is 0 Å². The van der Waals surface area contributed by atoms with E-state index >= 15 is 0 Å². The van der Waals surface area contributed by atoms with Gasteiger partial charge in [-0.25, -0.2) is 0 Å². The fourth-order valence-electron chi connectivity index (χ4n) is 1.24. The average molecular weight is 493 g/mol. The predicted octanol–water partition coefficient (Wildman–Crippen LogP) is 5.48. The van der Waals surface area contributed by atoms with Gasteiger partial charge in [-0.05, 0) is 56.8 Å². The third-order valence-electron chi connectivity index (χ3n) is 2.06. The highest BCUT2D eigenvalue weighted by Gasteiger charge is 2.10. The molecule has 2 nitrogen and oxygen atoms in total. The van der Waals surface area contributed by atoms with E-state index in [-0.39, 0.29) is 5.91 Å². The van der Waals surface area contributed by atoms with Gasteiger partial charge in [0.15, 0.2) is 0 Å². The van der Waals surface area contributed by atoms with Crippen molar-refractivity contribution in [2.45, 2.75) is 19.3 Å². The van der Waals surface area contributed by atoms with Crippen LogP contribution in [-0.2, 0) is 4.79 Å². The van der Waals surface area contributed by atoms with Crippen LogP contribution in [0.1, 0.15) is 19.3 Å². The topological polar surface area (TPSA) is 29.1 Å². The van der Waals surface area contributed by atoms with Crippen LogP contribution in [0.5, 0.6) is 0 Å². The number of hydrogen-bond donors (Lipinski definition) is 1. The van der Waals surface area contributed by atoms with Gasteiger partial charge >= 0.3 is 0 Å². The summed E-state index contributed by atoms with van der Waals surface area (Å²) in [4.78, 5) is 11.7. The predicted molar refractivity (Wildman–Crippen MR) is 85.8 cm³/mol. The maximum atomic E-state index is 11.7. The van der Waals surface area contributed by atoms with Crippen molar-refractivity contribution in [2.24, 2.45) is 0 Å². The highest BCUT2D eigenvalue weighted by atomic mass is 79.9. The summed E-state index contributed by atoms with van der Waals surface area (Å²) in [6, 6.07) is 3.80. The van der Waals surface area contributed by atoms with Gasteiger partial charge in [-0.15, -0.1) is 0 Å². The number of amides is 1. The minimum Gasteiger partial charge on any atom is -0.324 e. The number of nitrogens with one attached hydrogen (secondary N) is 1. The normalized spacial score (nSPS) is 10.4. The van der Waals surface area contributed by atoms with Crippen LogP contribution in [0.3, 0.4) is 0 Å². The molecule has 0 aliphatic heterocycles. The van der Waals surface area contributed by atoms with Crippen molar-refractivity contribution in [1.82, 2.24) is 0 Å². The van der Waals surface area contributed by atoms with Crippen molar-refractivity contribution in [3.63, 3.8) is 0 Å². The van der Waals surface area contributed by atoms with Crippen molar-refractivity contribution in [1.29, 1.82) is 0 Å². The minimum atomic E-state index is 0.0367. The first-order chi connectivity index (χ1) is 8.04. The average Bonchev–Trinajstić information content (AvgIpc) is 2.24. The Morgan fingerprint density at radius 2 is 1.71 bits per heavy atom. The molecule has 1 amide bonds. The molecule has 0 fully saturated rings. The molecule has 0 aliphatic rings. The summed E-state index contributed by atoms with van der Waals surface area (Å²) < 4.78 is 2.66. The minimum absolute atomic E-state index is 0.0367. The van der Waals surface area contributed by atoms with E-state index in [1.54, 1.807) is 0 Å². The molecular formula is C11H11Br4NO. The summed E-state index contributed by atoms with van der Waals surface area (Å²) in [6.07, 6.45) is 2.44. The molecule has 0 saturated carbocycles. The Morgan fingerprint density at radius 1 is 1.12 bits per heavy atom. The molecule has 1 aromatic carbocycles. The largest absolute Gasteiger partial charge is 0.324 e. The van der Waals surface area contributed by atoms with Gasteiger partial charge in [-0.1, -0.05) is 31.9 Å². The zero-order valence-corrected chi connectivity index (χ0v) is 15.2. The van der Waals surface area contributed by atoms with E-state index in [0.29, 0.717) is 6.42 Å². The number of carbonyl (C=O) groups is 1. The molecular weight excluding hydrogens is 482 g/mol. The van der Waals surface area contributed by atoms with Crippen LogP contribution in [0.4, 0.5) is 5.69 Å². The second-order valence-electron chi connectivity index (χ2n) is 3.44. The zero-order valence-electron chi connectivity index (χ0n) is 8.90. The number of carbonyl (C=O) groups excluding carboxylic acids is 1. The van der Waals surface area contributed by atoms with Gasteiger partial charge in [0.1, 0.15) is 0 Å². The molecule has 6 heteroatoms. The first-order valence-electron chi connectivity index (χ1n) is 5.05. The molecule has 0 unspecified atom stereocenters. The lowest BCUT2D eigenvalue weighted by Crippen LogP contribution is -2.12. The second-order valence-corrected chi connectivity index (χ2v) is 6.86. The van der Waals surface area contributed by atoms with Crippen LogP contribution in [0.15, 0.2) is 25.6 Å². The van der Waals surface area contributed by atoms with Gasteiger partial charge in [0, 0.05) is 25.2 Å². The molecule has 94 valence electrons. The fraction of sp³-hybridized carbons (Fsp3) is 0.364. The first-order valence-corrected chi connectivity index (χ1v) is 8.55. The standard InChI is InChI=1S/C11H11Br4NO/c12-4-2-1-3-10(17)16-11-8(14)5-7(13)6-9(11)15/h5-6H,1-4H2,(H,16,17). The monoisotopic (exact) mass is 489 g/mol. The lowest BCUT2D eigenvalue weighted by Gasteiger charge is -2.10. The van der Waals surface area contributed by atoms with Gasteiger partial charge in [-0.3, -0.25) is 4.79 Å². The number of hydrogen-bond acceptors (Lipinski definition) is 1. The number of unbranched alkanes of at least 4 members (excludes halogenated alkanes) is 1. The summed E-state index contributed by atoms with van der Waals surface area (Å²) in [6.45, 7) is 0. The van der Waals surface area contributed by atoms with Crippen molar-refractivity contribution in [3.05, 3.63) is 25.6 Å². The maximum Gasteiger partial charge on any atom is 0.224 e. The Balaban J connectivity index is 2.65. The van der Waals surface area contributed by atoms with Gasteiger partial charge in [0.25, 0.3) is 0 Å². The SMILES string of the molecule is O=C(CCCCBr)Nc1c(Br)cc(Br)cc1Br. The highest BCUT2D eigenvalue weighted by Crippen LogP contribution is 2.34. The lowest BCUT2D eigenvalue weighted by atomic mass is 10.2. The van der Waals surface area contributed by atoms with Crippen molar-refractivity contribution in [3.8, 4) is 0 Å². The van der Waals surface area contributed by atoms with E-state index in [4.69, 9.17) is 0 Å². The molecule has 1 rings (SSSR count). The number of rotatable bonds is 5. The maximum absolute atomic E-state index is 11.7. The summed E-state index contributed by atoms with van der Waals surface area (Å²) >= 11 is 13.6. The number of halogens is 4. The molecule has 0 atom stereocenters. The first kappa shape index (κ1) is 15.7. The Kier molecular flexibility index (Phi) is 7.30. The Morgan fingerprint density at radius 3 is 2.24 bits per heavy atom. The van der Waals surface area contributed by atoms with Gasteiger partial charge in [0.2, 0.25) is 5.91 Å². The second kappa shape index (κ2) is 7.92. The molecule has 17 heavy (non-hydrogen) atoms. The van der Waals surface area contributed by atoms with Crippen molar-refractivity contribution >= 4 is 75.3 Å². The molecule has 1 N–H and O–H groups in total. The van der Waals surface area contributed by atoms with E-state index < -0.39 is 0 Å². The highest BCUT2D eigenvalue weighted by molar-refractivity contribution is 9.11. The van der Waals surface area contributed by atoms with E-state index in [1.165, 1.54) is 0 Å². The summed E-state index contributed by atoms with van der Waals surface area (Å²) in [5, 5.41) is 3.83. The van der Waals surface area contributed by atoms with Gasteiger partial charge < -0.3 is 5.32 Å². The Hall–Kier alpha value is 0.610. The fourth-order valence-corrected chi connectivity index (χ4v) is 4.10. The van der Waals surface area contributed by atoms with E-state index in [9.17, 15) is 4.79 Å². The Labute approximate surface area is 134 Å². The van der Waals surface area contributed by atoms with Crippen molar-refractivity contribution in [2.75, 3.05) is 10.6 Å². The zero-order chi connectivity index (χ0) is 12.8. The molecule has 0 saturated heterocycles. The van der Waals surface area contributed by atoms with Crippen molar-refractivity contribution < 1.29 is 4.79 Å². The van der Waals surface area contributed by atoms with E-state index in [2.05, 4.69) is 69.0 Å². The lowest BCUT2D eigenvalue weighted by molar-refractivity contribution is -0.116. The van der Waals surface area contributed by atoms with E-state index in [0.717, 1.165) is 37.3 Å². The third kappa shape index (κ3) is 5.41. The van der Waals surface area contributed by atoms with Crippen LogP contribution >= 0.6 is 63.7 Å². The van der Waals surface area contributed by atoms with E-state index in [1.807, 2.05) is 12.1 Å². The van der Waals surface area contributed by atoms with Crippen LogP contribution < -0.4 is 5.32 Å². The summed E-state index contributed by atoms with van der Waals surface area (Å²) in [7, 11) is 0. The summed E-state index contributed by atoms with van der Waals surface area (Å²) in [5.74, 6) is 0.0367. The molecule has 0 heterocycles. The van der Waals surface area contributed by atoms with Crippen LogP contribution in [0.2, 0.25) is 0 Å². The number of alkyl halides is 1. The quantitative estimate of drug-likeness (QED) is 0.428. The Bertz CT molecular complexity index is 385. The number of anilines is 1. The molecule has 0 aromatic heterocycles. The van der Waals surface area contributed by atoms with Crippen LogP contribution in [-0.4, -0.2) is 11.2 Å². The third-order valence-corrected chi connectivity index (χ3v) is 4.33. The molecule has 1 aromatic rings. The van der Waals surface area contributed by atoms with Gasteiger partial charge in [0.05, 0.1) is 5.69 Å². The molecule has 0 radical (unpaired) electrons. The molecule has 0 spiro atoms. The number of benzene rings is 1. The van der Waals surface area contributed by atoms with Crippen LogP contribution in [0.25, 0.3) is 0 Å². The molecule has 0 bridgehead atoms. The molecule has 0 aliphatic carbocycles.